The Hall–Kier alpha value is -2.48. The fraction of sp³-hybridized carbons (Fsp3) is 0.263. The number of anilines is 1. The Labute approximate surface area is 155 Å². The quantitative estimate of drug-likeness (QED) is 0.748. The average molecular weight is 369 g/mol. The van der Waals surface area contributed by atoms with Gasteiger partial charge in [0.05, 0.1) is 12.9 Å². The molecule has 1 amide bonds. The molecular formula is C19H19N3O3S. The van der Waals surface area contributed by atoms with Gasteiger partial charge in [-0.2, -0.15) is 0 Å². The normalized spacial score (nSPS) is 17.9. The molecule has 1 N–H and O–H groups in total. The first kappa shape index (κ1) is 17.0. The van der Waals surface area contributed by atoms with E-state index in [1.165, 1.54) is 16.9 Å². The van der Waals surface area contributed by atoms with Gasteiger partial charge >= 0.3 is 0 Å². The molecule has 1 unspecified atom stereocenters. The summed E-state index contributed by atoms with van der Waals surface area (Å²) in [7, 11) is 0. The van der Waals surface area contributed by atoms with Gasteiger partial charge in [0.1, 0.15) is 11.8 Å². The summed E-state index contributed by atoms with van der Waals surface area (Å²) in [4.78, 5) is 19.2. The molecule has 1 aliphatic heterocycles. The highest BCUT2D eigenvalue weighted by atomic mass is 32.1. The molecule has 0 saturated carbocycles. The van der Waals surface area contributed by atoms with Gasteiger partial charge in [-0.15, -0.1) is 11.3 Å². The molecule has 1 atom stereocenters. The van der Waals surface area contributed by atoms with Crippen molar-refractivity contribution >= 4 is 22.4 Å². The molecule has 0 spiro atoms. The number of nitrogens with zero attached hydrogens (tertiary/aromatic N) is 2. The van der Waals surface area contributed by atoms with Gasteiger partial charge in [-0.25, -0.2) is 4.98 Å². The summed E-state index contributed by atoms with van der Waals surface area (Å²) in [5.74, 6) is 0.521. The van der Waals surface area contributed by atoms with E-state index in [1.54, 1.807) is 6.26 Å². The number of nitrogens with one attached hydrogen (secondary N) is 1. The topological polar surface area (TPSA) is 67.6 Å². The Morgan fingerprint density at radius 2 is 2.15 bits per heavy atom. The third kappa shape index (κ3) is 4.01. The lowest BCUT2D eigenvalue weighted by Gasteiger charge is -2.31. The zero-order valence-corrected chi connectivity index (χ0v) is 14.9. The lowest BCUT2D eigenvalue weighted by atomic mass is 10.2. The maximum Gasteiger partial charge on any atom is 0.256 e. The van der Waals surface area contributed by atoms with Crippen LogP contribution in [0, 0.1) is 0 Å². The summed E-state index contributed by atoms with van der Waals surface area (Å²) in [6.07, 6.45) is 1.10. The summed E-state index contributed by atoms with van der Waals surface area (Å²) >= 11 is 1.37. The molecule has 1 aliphatic rings. The molecule has 2 aromatic heterocycles. The lowest BCUT2D eigenvalue weighted by Crippen LogP contribution is -2.47. The van der Waals surface area contributed by atoms with E-state index in [0.29, 0.717) is 29.7 Å². The van der Waals surface area contributed by atoms with E-state index in [4.69, 9.17) is 9.15 Å². The Kier molecular flexibility index (Phi) is 5.10. The molecule has 4 rings (SSSR count). The van der Waals surface area contributed by atoms with Crippen molar-refractivity contribution in [2.75, 3.05) is 25.0 Å². The van der Waals surface area contributed by atoms with Gasteiger partial charge in [-0.3, -0.25) is 15.0 Å². The molecule has 3 heterocycles. The van der Waals surface area contributed by atoms with E-state index in [1.807, 2.05) is 35.7 Å². The second kappa shape index (κ2) is 7.82. The number of carbonyl (C=O) groups is 1. The summed E-state index contributed by atoms with van der Waals surface area (Å²) < 4.78 is 11.0. The monoisotopic (exact) mass is 369 g/mol. The molecule has 1 aromatic carbocycles. The maximum absolute atomic E-state index is 12.5. The van der Waals surface area contributed by atoms with Crippen LogP contribution in [-0.2, 0) is 16.1 Å². The second-order valence-electron chi connectivity index (χ2n) is 6.08. The molecule has 6 nitrogen and oxygen atoms in total. The maximum atomic E-state index is 12.5. The molecule has 0 bridgehead atoms. The van der Waals surface area contributed by atoms with Crippen LogP contribution in [0.15, 0.2) is 58.5 Å². The number of morpholine rings is 1. The Bertz CT molecular complexity index is 848. The first-order valence-electron chi connectivity index (χ1n) is 8.46. The number of thiazole rings is 1. The standard InChI is InChI=1S/C19H19N3O3S/c23-18(21-19-20-15(13-26-19)16-7-4-9-24-16)17-12-22(8-10-25-17)11-14-5-2-1-3-6-14/h1-7,9,13,17H,8,10-12H2,(H,20,21,23). The summed E-state index contributed by atoms with van der Waals surface area (Å²) in [6, 6.07) is 13.9. The van der Waals surface area contributed by atoms with E-state index in [-0.39, 0.29) is 5.91 Å². The SMILES string of the molecule is O=C(Nc1nc(-c2ccco2)cs1)C1CN(Cc2ccccc2)CCO1. The first-order valence-corrected chi connectivity index (χ1v) is 9.34. The predicted octanol–water partition coefficient (Wildman–Crippen LogP) is 3.24. The number of hydrogen-bond donors (Lipinski definition) is 1. The largest absolute Gasteiger partial charge is 0.463 e. The molecule has 1 fully saturated rings. The number of hydrogen-bond acceptors (Lipinski definition) is 6. The Morgan fingerprint density at radius 3 is 2.96 bits per heavy atom. The van der Waals surface area contributed by atoms with Crippen molar-refractivity contribution in [3.63, 3.8) is 0 Å². The fourth-order valence-electron chi connectivity index (χ4n) is 2.90. The molecule has 0 aliphatic carbocycles. The summed E-state index contributed by atoms with van der Waals surface area (Å²) in [5.41, 5.74) is 1.95. The number of furan rings is 1. The lowest BCUT2D eigenvalue weighted by molar-refractivity contribution is -0.133. The minimum absolute atomic E-state index is 0.164. The highest BCUT2D eigenvalue weighted by molar-refractivity contribution is 7.14. The van der Waals surface area contributed by atoms with Crippen LogP contribution in [0.1, 0.15) is 5.56 Å². The smallest absolute Gasteiger partial charge is 0.256 e. The first-order chi connectivity index (χ1) is 12.8. The predicted molar refractivity (Wildman–Crippen MR) is 99.9 cm³/mol. The molecule has 7 heteroatoms. The summed E-state index contributed by atoms with van der Waals surface area (Å²) in [5, 5.41) is 5.26. The fourth-order valence-corrected chi connectivity index (χ4v) is 3.60. The van der Waals surface area contributed by atoms with E-state index in [9.17, 15) is 4.79 Å². The number of amides is 1. The van der Waals surface area contributed by atoms with E-state index < -0.39 is 6.10 Å². The van der Waals surface area contributed by atoms with Gasteiger partial charge in [0.25, 0.3) is 5.91 Å². The van der Waals surface area contributed by atoms with Crippen LogP contribution < -0.4 is 5.32 Å². The van der Waals surface area contributed by atoms with E-state index in [0.717, 1.165) is 13.1 Å². The molecular weight excluding hydrogens is 350 g/mol. The third-order valence-electron chi connectivity index (χ3n) is 4.20. The van der Waals surface area contributed by atoms with Crippen molar-refractivity contribution in [3.8, 4) is 11.5 Å². The van der Waals surface area contributed by atoms with Crippen molar-refractivity contribution in [2.24, 2.45) is 0 Å². The van der Waals surface area contributed by atoms with Gasteiger partial charge in [-0.1, -0.05) is 30.3 Å². The van der Waals surface area contributed by atoms with Crippen molar-refractivity contribution in [1.29, 1.82) is 0 Å². The summed E-state index contributed by atoms with van der Waals surface area (Å²) in [6.45, 7) is 2.74. The molecule has 1 saturated heterocycles. The van der Waals surface area contributed by atoms with Crippen LogP contribution in [0.25, 0.3) is 11.5 Å². The number of carbonyl (C=O) groups excluding carboxylic acids is 1. The molecule has 0 radical (unpaired) electrons. The second-order valence-corrected chi connectivity index (χ2v) is 6.94. The van der Waals surface area contributed by atoms with Crippen molar-refractivity contribution in [1.82, 2.24) is 9.88 Å². The third-order valence-corrected chi connectivity index (χ3v) is 4.96. The van der Waals surface area contributed by atoms with Gasteiger partial charge in [0.15, 0.2) is 10.9 Å². The number of aromatic nitrogens is 1. The highest BCUT2D eigenvalue weighted by Gasteiger charge is 2.27. The van der Waals surface area contributed by atoms with Gasteiger partial charge < -0.3 is 9.15 Å². The molecule has 3 aromatic rings. The van der Waals surface area contributed by atoms with Crippen LogP contribution in [0.3, 0.4) is 0 Å². The molecule has 26 heavy (non-hydrogen) atoms. The van der Waals surface area contributed by atoms with Crippen LogP contribution in [-0.4, -0.2) is 41.6 Å². The van der Waals surface area contributed by atoms with E-state index in [2.05, 4.69) is 27.3 Å². The van der Waals surface area contributed by atoms with Crippen LogP contribution in [0.2, 0.25) is 0 Å². The Balaban J connectivity index is 1.35. The number of benzene rings is 1. The van der Waals surface area contributed by atoms with Crippen LogP contribution >= 0.6 is 11.3 Å². The minimum atomic E-state index is -0.497. The van der Waals surface area contributed by atoms with Gasteiger partial charge in [0.2, 0.25) is 0 Å². The number of ether oxygens (including phenoxy) is 1. The van der Waals surface area contributed by atoms with Crippen molar-refractivity contribution in [2.45, 2.75) is 12.6 Å². The highest BCUT2D eigenvalue weighted by Crippen LogP contribution is 2.25. The minimum Gasteiger partial charge on any atom is -0.463 e. The zero-order chi connectivity index (χ0) is 17.8. The Morgan fingerprint density at radius 1 is 1.27 bits per heavy atom. The molecule has 134 valence electrons. The van der Waals surface area contributed by atoms with Crippen LogP contribution in [0.4, 0.5) is 5.13 Å². The van der Waals surface area contributed by atoms with Gasteiger partial charge in [-0.05, 0) is 17.7 Å². The van der Waals surface area contributed by atoms with E-state index >= 15 is 0 Å². The number of rotatable bonds is 5. The van der Waals surface area contributed by atoms with Crippen molar-refractivity contribution in [3.05, 3.63) is 59.7 Å². The van der Waals surface area contributed by atoms with Crippen molar-refractivity contribution < 1.29 is 13.9 Å². The zero-order valence-electron chi connectivity index (χ0n) is 14.1. The van der Waals surface area contributed by atoms with Crippen LogP contribution in [0.5, 0.6) is 0 Å². The average Bonchev–Trinajstić information content (AvgIpc) is 3.34. The van der Waals surface area contributed by atoms with Gasteiger partial charge in [0, 0.05) is 25.0 Å².